The number of thiophene rings is 1. The maximum Gasteiger partial charge on any atom is 0.359 e. The van der Waals surface area contributed by atoms with Gasteiger partial charge in [-0.05, 0) is 37.3 Å². The molecule has 0 bridgehead atoms. The summed E-state index contributed by atoms with van der Waals surface area (Å²) in [5.74, 6) is -2.19. The second-order valence-corrected chi connectivity index (χ2v) is 8.28. The van der Waals surface area contributed by atoms with E-state index >= 15 is 0 Å². The number of fused-ring (bicyclic) bond motifs is 1. The summed E-state index contributed by atoms with van der Waals surface area (Å²) >= 11 is 6.75. The van der Waals surface area contributed by atoms with Crippen LogP contribution in [-0.4, -0.2) is 33.2 Å². The third-order valence-electron chi connectivity index (χ3n) is 4.81. The first kappa shape index (κ1) is 24.0. The molecular formula is C22H14ClFN4O6S. The van der Waals surface area contributed by atoms with Crippen molar-refractivity contribution in [3.8, 4) is 5.69 Å². The normalized spacial score (nSPS) is 10.8. The minimum absolute atomic E-state index is 0.0458. The lowest BCUT2D eigenvalue weighted by Crippen LogP contribution is -2.25. The van der Waals surface area contributed by atoms with Crippen LogP contribution in [0.25, 0.3) is 16.5 Å². The molecule has 4 aromatic rings. The van der Waals surface area contributed by atoms with Gasteiger partial charge in [0.2, 0.25) is 0 Å². The molecule has 0 saturated carbocycles. The third kappa shape index (κ3) is 4.61. The van der Waals surface area contributed by atoms with Crippen molar-refractivity contribution < 1.29 is 23.6 Å². The number of halogens is 2. The fraction of sp³-hybridized carbons (Fsp3) is 0.0909. The second kappa shape index (κ2) is 9.60. The number of nitrogens with zero attached hydrogens (tertiary/aromatic N) is 3. The van der Waals surface area contributed by atoms with E-state index in [9.17, 15) is 28.9 Å². The number of ether oxygens (including phenoxy) is 1. The fourth-order valence-electron chi connectivity index (χ4n) is 3.24. The number of esters is 1. The summed E-state index contributed by atoms with van der Waals surface area (Å²) in [6.07, 6.45) is 0. The van der Waals surface area contributed by atoms with E-state index in [4.69, 9.17) is 16.3 Å². The number of hydrogen-bond donors (Lipinski definition) is 1. The fourth-order valence-corrected chi connectivity index (χ4v) is 4.36. The van der Waals surface area contributed by atoms with Crippen molar-refractivity contribution in [3.05, 3.63) is 90.4 Å². The summed E-state index contributed by atoms with van der Waals surface area (Å²) in [6.45, 7) is 1.65. The molecule has 1 N–H and O–H groups in total. The molecule has 10 nitrogen and oxygen atoms in total. The molecule has 1 amide bonds. The molecule has 2 aromatic heterocycles. The zero-order valence-corrected chi connectivity index (χ0v) is 19.4. The van der Waals surface area contributed by atoms with Crippen molar-refractivity contribution in [2.75, 3.05) is 11.9 Å². The zero-order valence-electron chi connectivity index (χ0n) is 17.8. The van der Waals surface area contributed by atoms with E-state index in [0.717, 1.165) is 28.2 Å². The van der Waals surface area contributed by atoms with Gasteiger partial charge in [-0.3, -0.25) is 19.7 Å². The van der Waals surface area contributed by atoms with E-state index in [1.165, 1.54) is 35.7 Å². The quantitative estimate of drug-likeness (QED) is 0.225. The molecule has 0 spiro atoms. The largest absolute Gasteiger partial charge is 0.461 e. The van der Waals surface area contributed by atoms with Crippen LogP contribution in [-0.2, 0) is 4.74 Å². The SMILES string of the molecule is CCOC(=O)c1nn(-c2cccc(F)c2)c(=O)c2c(NC(=O)c3ccc(Cl)c([N+](=O)[O-])c3)scc12. The Bertz CT molecular complexity index is 1570. The summed E-state index contributed by atoms with van der Waals surface area (Å²) in [5.41, 5.74) is -1.41. The summed E-state index contributed by atoms with van der Waals surface area (Å²) in [7, 11) is 0. The van der Waals surface area contributed by atoms with E-state index in [1.807, 2.05) is 0 Å². The van der Waals surface area contributed by atoms with Gasteiger partial charge in [0.05, 0.1) is 22.6 Å². The van der Waals surface area contributed by atoms with Crippen molar-refractivity contribution in [2.45, 2.75) is 6.92 Å². The Labute approximate surface area is 204 Å². The number of nitro benzene ring substituents is 1. The summed E-state index contributed by atoms with van der Waals surface area (Å²) in [5, 5.41) is 19.2. The van der Waals surface area contributed by atoms with Gasteiger partial charge in [0.25, 0.3) is 17.2 Å². The Balaban J connectivity index is 1.86. The second-order valence-electron chi connectivity index (χ2n) is 7.00. The van der Waals surface area contributed by atoms with Crippen LogP contribution >= 0.6 is 22.9 Å². The van der Waals surface area contributed by atoms with Crippen molar-refractivity contribution in [3.63, 3.8) is 0 Å². The van der Waals surface area contributed by atoms with Crippen molar-refractivity contribution in [1.29, 1.82) is 0 Å². The molecule has 0 aliphatic heterocycles. The van der Waals surface area contributed by atoms with Crippen LogP contribution in [0.5, 0.6) is 0 Å². The van der Waals surface area contributed by atoms with Crippen LogP contribution in [0.2, 0.25) is 5.02 Å². The van der Waals surface area contributed by atoms with Gasteiger partial charge in [0, 0.05) is 22.4 Å². The summed E-state index contributed by atoms with van der Waals surface area (Å²) in [4.78, 5) is 49.2. The predicted molar refractivity (Wildman–Crippen MR) is 127 cm³/mol. The highest BCUT2D eigenvalue weighted by Gasteiger charge is 2.24. The highest BCUT2D eigenvalue weighted by molar-refractivity contribution is 7.16. The number of benzene rings is 2. The molecule has 2 aromatic carbocycles. The molecule has 0 unspecified atom stereocenters. The molecular weight excluding hydrogens is 503 g/mol. The van der Waals surface area contributed by atoms with Crippen LogP contribution in [0.3, 0.4) is 0 Å². The number of nitrogens with one attached hydrogen (secondary N) is 1. The number of anilines is 1. The minimum Gasteiger partial charge on any atom is -0.461 e. The van der Waals surface area contributed by atoms with Gasteiger partial charge in [-0.2, -0.15) is 9.78 Å². The lowest BCUT2D eigenvalue weighted by Gasteiger charge is -2.10. The van der Waals surface area contributed by atoms with Gasteiger partial charge in [-0.25, -0.2) is 9.18 Å². The van der Waals surface area contributed by atoms with E-state index in [0.29, 0.717) is 0 Å². The van der Waals surface area contributed by atoms with Crippen LogP contribution in [0, 0.1) is 15.9 Å². The molecule has 2 heterocycles. The Kier molecular flexibility index (Phi) is 6.58. The minimum atomic E-state index is -0.813. The number of hydrogen-bond acceptors (Lipinski definition) is 8. The predicted octanol–water partition coefficient (Wildman–Crippen LogP) is 4.58. The van der Waals surface area contributed by atoms with Gasteiger partial charge >= 0.3 is 5.97 Å². The smallest absolute Gasteiger partial charge is 0.359 e. The first-order chi connectivity index (χ1) is 16.7. The highest BCUT2D eigenvalue weighted by Crippen LogP contribution is 2.32. The number of rotatable bonds is 6. The van der Waals surface area contributed by atoms with Crippen molar-refractivity contribution >= 4 is 56.3 Å². The van der Waals surface area contributed by atoms with Crippen molar-refractivity contribution in [2.24, 2.45) is 0 Å². The average Bonchev–Trinajstić information content (AvgIpc) is 3.23. The molecule has 0 aliphatic rings. The molecule has 178 valence electrons. The van der Waals surface area contributed by atoms with E-state index in [2.05, 4.69) is 10.4 Å². The number of nitro groups is 1. The molecule has 0 aliphatic carbocycles. The van der Waals surface area contributed by atoms with Gasteiger partial charge in [-0.1, -0.05) is 17.7 Å². The Hall–Kier alpha value is -4.16. The average molecular weight is 517 g/mol. The lowest BCUT2D eigenvalue weighted by atomic mass is 10.2. The lowest BCUT2D eigenvalue weighted by molar-refractivity contribution is -0.384. The zero-order chi connectivity index (χ0) is 25.3. The number of carbonyl (C=O) groups is 2. The molecule has 13 heteroatoms. The number of amides is 1. The Morgan fingerprint density at radius 2 is 2.06 bits per heavy atom. The molecule has 35 heavy (non-hydrogen) atoms. The van der Waals surface area contributed by atoms with E-state index in [-0.39, 0.29) is 44.3 Å². The Morgan fingerprint density at radius 1 is 1.29 bits per heavy atom. The Morgan fingerprint density at radius 3 is 2.74 bits per heavy atom. The van der Waals surface area contributed by atoms with Gasteiger partial charge < -0.3 is 10.1 Å². The summed E-state index contributed by atoms with van der Waals surface area (Å²) < 4.78 is 19.7. The maximum absolute atomic E-state index is 13.8. The van der Waals surface area contributed by atoms with Gasteiger partial charge in [0.15, 0.2) is 5.69 Å². The van der Waals surface area contributed by atoms with Crippen LogP contribution in [0.1, 0.15) is 27.8 Å². The van der Waals surface area contributed by atoms with E-state index < -0.39 is 33.9 Å². The maximum atomic E-state index is 13.8. The van der Waals surface area contributed by atoms with Gasteiger partial charge in [0.1, 0.15) is 15.8 Å². The first-order valence-corrected chi connectivity index (χ1v) is 11.2. The monoisotopic (exact) mass is 516 g/mol. The first-order valence-electron chi connectivity index (χ1n) is 9.94. The van der Waals surface area contributed by atoms with Crippen LogP contribution in [0.15, 0.2) is 52.6 Å². The molecule has 4 rings (SSSR count). The molecule has 0 saturated heterocycles. The molecule has 0 atom stereocenters. The van der Waals surface area contributed by atoms with Crippen LogP contribution in [0.4, 0.5) is 15.1 Å². The molecule has 0 fully saturated rings. The third-order valence-corrected chi connectivity index (χ3v) is 6.02. The number of aromatic nitrogens is 2. The topological polar surface area (TPSA) is 133 Å². The standard InChI is InChI=1S/C22H14ClFN4O6S/c1-2-34-22(31)18-14-10-35-20(25-19(29)11-6-7-15(23)16(8-11)28(32)33)17(14)21(30)27(26-18)13-5-3-4-12(24)9-13/h3-10H,2H2,1H3,(H,25,29). The summed E-state index contributed by atoms with van der Waals surface area (Å²) in [6, 6.07) is 8.54. The van der Waals surface area contributed by atoms with E-state index in [1.54, 1.807) is 6.92 Å². The number of carbonyl (C=O) groups excluding carboxylic acids is 2. The highest BCUT2D eigenvalue weighted by atomic mass is 35.5. The van der Waals surface area contributed by atoms with Crippen molar-refractivity contribution in [1.82, 2.24) is 9.78 Å². The molecule has 0 radical (unpaired) electrons. The van der Waals surface area contributed by atoms with Crippen LogP contribution < -0.4 is 10.9 Å². The van der Waals surface area contributed by atoms with Gasteiger partial charge in [-0.15, -0.1) is 11.3 Å².